The summed E-state index contributed by atoms with van der Waals surface area (Å²) in [5.74, 6) is 0.951. The number of methoxy groups -OCH3 is 2. The van der Waals surface area contributed by atoms with Crippen molar-refractivity contribution in [1.29, 1.82) is 0 Å². The second-order valence-corrected chi connectivity index (χ2v) is 5.83. The smallest absolute Gasteiger partial charge is 0.213 e. The lowest BCUT2D eigenvalue weighted by Gasteiger charge is -2.26. The molecular formula is C18H21NO3. The van der Waals surface area contributed by atoms with Gasteiger partial charge in [0.2, 0.25) is 5.88 Å². The summed E-state index contributed by atoms with van der Waals surface area (Å²) in [5, 5.41) is 0.970. The summed E-state index contributed by atoms with van der Waals surface area (Å²) in [5.41, 5.74) is 1.62. The molecule has 0 atom stereocenters. The van der Waals surface area contributed by atoms with Gasteiger partial charge < -0.3 is 9.47 Å². The van der Waals surface area contributed by atoms with Gasteiger partial charge in [-0.05, 0) is 49.9 Å². The molecule has 1 heterocycles. The Labute approximate surface area is 130 Å². The number of rotatable bonds is 4. The number of pyridine rings is 1. The molecule has 1 aliphatic carbocycles. The first-order valence-corrected chi connectivity index (χ1v) is 7.73. The molecule has 0 bridgehead atoms. The maximum atomic E-state index is 12.7. The predicted octanol–water partition coefficient (Wildman–Crippen LogP) is 3.63. The van der Waals surface area contributed by atoms with Crippen LogP contribution in [-0.2, 0) is 4.74 Å². The number of nitrogens with zero attached hydrogens (tertiary/aromatic N) is 1. The molecule has 0 saturated heterocycles. The molecule has 1 aromatic carbocycles. The quantitative estimate of drug-likeness (QED) is 0.809. The highest BCUT2D eigenvalue weighted by Gasteiger charge is 2.26. The third kappa shape index (κ3) is 2.97. The Morgan fingerprint density at radius 3 is 2.55 bits per heavy atom. The van der Waals surface area contributed by atoms with E-state index in [2.05, 4.69) is 4.98 Å². The summed E-state index contributed by atoms with van der Waals surface area (Å²) >= 11 is 0. The van der Waals surface area contributed by atoms with Crippen molar-refractivity contribution in [1.82, 2.24) is 4.98 Å². The fourth-order valence-corrected chi connectivity index (χ4v) is 3.17. The molecule has 0 aliphatic heterocycles. The third-order valence-corrected chi connectivity index (χ3v) is 4.54. The van der Waals surface area contributed by atoms with E-state index in [9.17, 15) is 4.79 Å². The standard InChI is InChI=1S/C18H21NO3/c1-21-15-7-3-12(4-8-15)18(20)14-5-9-16-13(11-14)6-10-17(19-16)22-2/h5-6,9-12,15H,3-4,7-8H2,1-2H3. The average molecular weight is 299 g/mol. The van der Waals surface area contributed by atoms with Crippen LogP contribution in [0.25, 0.3) is 10.9 Å². The van der Waals surface area contributed by atoms with Crippen molar-refractivity contribution < 1.29 is 14.3 Å². The Morgan fingerprint density at radius 1 is 1.09 bits per heavy atom. The number of aromatic nitrogens is 1. The van der Waals surface area contributed by atoms with Gasteiger partial charge >= 0.3 is 0 Å². The largest absolute Gasteiger partial charge is 0.481 e. The molecule has 0 amide bonds. The van der Waals surface area contributed by atoms with Crippen molar-refractivity contribution >= 4 is 16.7 Å². The number of ketones is 1. The Hall–Kier alpha value is -1.94. The lowest BCUT2D eigenvalue weighted by atomic mass is 9.82. The summed E-state index contributed by atoms with van der Waals surface area (Å²) in [6, 6.07) is 9.47. The van der Waals surface area contributed by atoms with Gasteiger partial charge in [-0.25, -0.2) is 4.98 Å². The van der Waals surface area contributed by atoms with Crippen LogP contribution in [0.3, 0.4) is 0 Å². The number of hydrogen-bond donors (Lipinski definition) is 0. The van der Waals surface area contributed by atoms with Crippen molar-refractivity contribution in [2.24, 2.45) is 5.92 Å². The van der Waals surface area contributed by atoms with Crippen molar-refractivity contribution in [2.75, 3.05) is 14.2 Å². The average Bonchev–Trinajstić information content (AvgIpc) is 2.60. The molecule has 3 rings (SSSR count). The molecule has 0 spiro atoms. The van der Waals surface area contributed by atoms with E-state index < -0.39 is 0 Å². The topological polar surface area (TPSA) is 48.4 Å². The summed E-state index contributed by atoms with van der Waals surface area (Å²) in [6.07, 6.45) is 4.09. The molecule has 116 valence electrons. The monoisotopic (exact) mass is 299 g/mol. The van der Waals surface area contributed by atoms with E-state index in [-0.39, 0.29) is 11.7 Å². The Kier molecular flexibility index (Phi) is 4.39. The zero-order valence-electron chi connectivity index (χ0n) is 13.0. The molecule has 1 aliphatic rings. The lowest BCUT2D eigenvalue weighted by molar-refractivity contribution is 0.0519. The first-order valence-electron chi connectivity index (χ1n) is 7.73. The van der Waals surface area contributed by atoms with Crippen molar-refractivity contribution in [3.8, 4) is 5.88 Å². The minimum absolute atomic E-state index is 0.120. The number of Topliss-reactive ketones (excluding diaryl/α,β-unsaturated/α-hetero) is 1. The molecule has 1 fully saturated rings. The normalized spacial score (nSPS) is 21.7. The maximum absolute atomic E-state index is 12.7. The van der Waals surface area contributed by atoms with Gasteiger partial charge in [0.05, 0.1) is 18.7 Å². The number of fused-ring (bicyclic) bond motifs is 1. The molecule has 1 aromatic heterocycles. The summed E-state index contributed by atoms with van der Waals surface area (Å²) < 4.78 is 10.5. The molecule has 22 heavy (non-hydrogen) atoms. The van der Waals surface area contributed by atoms with Crippen molar-refractivity contribution in [3.63, 3.8) is 0 Å². The van der Waals surface area contributed by atoms with E-state index in [1.54, 1.807) is 14.2 Å². The van der Waals surface area contributed by atoms with Crippen LogP contribution < -0.4 is 4.74 Å². The Morgan fingerprint density at radius 2 is 1.86 bits per heavy atom. The third-order valence-electron chi connectivity index (χ3n) is 4.54. The van der Waals surface area contributed by atoms with Gasteiger partial charge in [-0.15, -0.1) is 0 Å². The highest BCUT2D eigenvalue weighted by atomic mass is 16.5. The highest BCUT2D eigenvalue weighted by molar-refractivity contribution is 6.00. The molecule has 2 aromatic rings. The number of hydrogen-bond acceptors (Lipinski definition) is 4. The molecule has 0 N–H and O–H groups in total. The van der Waals surface area contributed by atoms with E-state index in [1.165, 1.54) is 0 Å². The van der Waals surface area contributed by atoms with Crippen molar-refractivity contribution in [3.05, 3.63) is 35.9 Å². The van der Waals surface area contributed by atoms with E-state index in [0.717, 1.165) is 42.1 Å². The molecule has 1 saturated carbocycles. The summed E-state index contributed by atoms with van der Waals surface area (Å²) in [7, 11) is 3.35. The highest BCUT2D eigenvalue weighted by Crippen LogP contribution is 2.29. The minimum atomic E-state index is 0.120. The summed E-state index contributed by atoms with van der Waals surface area (Å²) in [6.45, 7) is 0. The first kappa shape index (κ1) is 15.0. The molecule has 0 radical (unpaired) electrons. The zero-order chi connectivity index (χ0) is 15.5. The Balaban J connectivity index is 1.79. The van der Waals surface area contributed by atoms with Gasteiger partial charge in [-0.2, -0.15) is 0 Å². The van der Waals surface area contributed by atoms with Crippen LogP contribution in [-0.4, -0.2) is 31.1 Å². The van der Waals surface area contributed by atoms with Gasteiger partial charge in [0.25, 0.3) is 0 Å². The SMILES string of the molecule is COc1ccc2cc(C(=O)C3CCC(OC)CC3)ccc2n1. The molecular weight excluding hydrogens is 278 g/mol. The molecule has 4 nitrogen and oxygen atoms in total. The van der Waals surface area contributed by atoms with Crippen LogP contribution in [0.5, 0.6) is 5.88 Å². The van der Waals surface area contributed by atoms with Gasteiger partial charge in [0, 0.05) is 30.0 Å². The minimum Gasteiger partial charge on any atom is -0.481 e. The van der Waals surface area contributed by atoms with E-state index in [0.29, 0.717) is 12.0 Å². The molecule has 4 heteroatoms. The van der Waals surface area contributed by atoms with Crippen LogP contribution in [0.1, 0.15) is 36.0 Å². The second kappa shape index (κ2) is 6.44. The predicted molar refractivity (Wildman–Crippen MR) is 85.4 cm³/mol. The number of carbonyl (C=O) groups is 1. The number of carbonyl (C=O) groups excluding carboxylic acids is 1. The first-order chi connectivity index (χ1) is 10.7. The van der Waals surface area contributed by atoms with Crippen LogP contribution in [0.15, 0.2) is 30.3 Å². The number of ether oxygens (including phenoxy) is 2. The van der Waals surface area contributed by atoms with Crippen LogP contribution in [0.4, 0.5) is 0 Å². The van der Waals surface area contributed by atoms with Gasteiger partial charge in [0.1, 0.15) is 0 Å². The lowest BCUT2D eigenvalue weighted by Crippen LogP contribution is -2.25. The van der Waals surface area contributed by atoms with Crippen LogP contribution in [0.2, 0.25) is 0 Å². The zero-order valence-corrected chi connectivity index (χ0v) is 13.0. The van der Waals surface area contributed by atoms with E-state index in [1.807, 2.05) is 30.3 Å². The summed E-state index contributed by atoms with van der Waals surface area (Å²) in [4.78, 5) is 17.1. The number of benzene rings is 1. The van der Waals surface area contributed by atoms with Gasteiger partial charge in [-0.1, -0.05) is 0 Å². The maximum Gasteiger partial charge on any atom is 0.213 e. The van der Waals surface area contributed by atoms with Gasteiger partial charge in [0.15, 0.2) is 5.78 Å². The van der Waals surface area contributed by atoms with E-state index >= 15 is 0 Å². The van der Waals surface area contributed by atoms with Gasteiger partial charge in [-0.3, -0.25) is 4.79 Å². The van der Waals surface area contributed by atoms with Crippen LogP contribution in [0, 0.1) is 5.92 Å². The van der Waals surface area contributed by atoms with E-state index in [4.69, 9.17) is 9.47 Å². The second-order valence-electron chi connectivity index (χ2n) is 5.83. The molecule has 0 unspecified atom stereocenters. The Bertz CT molecular complexity index is 675. The fraction of sp³-hybridized carbons (Fsp3) is 0.444. The fourth-order valence-electron chi connectivity index (χ4n) is 3.17. The van der Waals surface area contributed by atoms with Crippen molar-refractivity contribution in [2.45, 2.75) is 31.8 Å². The van der Waals surface area contributed by atoms with Crippen LogP contribution >= 0.6 is 0 Å².